The first-order chi connectivity index (χ1) is 13.5. The normalized spacial score (nSPS) is 17.4. The number of carbonyl (C=O) groups excluding carboxylic acids is 2. The van der Waals surface area contributed by atoms with Crippen molar-refractivity contribution in [1.82, 2.24) is 15.2 Å². The van der Waals surface area contributed by atoms with Gasteiger partial charge < -0.3 is 15.3 Å². The van der Waals surface area contributed by atoms with Crippen molar-refractivity contribution in [2.75, 3.05) is 13.1 Å². The van der Waals surface area contributed by atoms with Crippen LogP contribution < -0.4 is 5.32 Å². The summed E-state index contributed by atoms with van der Waals surface area (Å²) in [5.41, 5.74) is 1.67. The fourth-order valence-electron chi connectivity index (χ4n) is 3.30. The average molecular weight is 381 g/mol. The largest absolute Gasteiger partial charge is 0.481 e. The Hall–Kier alpha value is -3.22. The van der Waals surface area contributed by atoms with Crippen molar-refractivity contribution >= 4 is 17.8 Å². The smallest absolute Gasteiger partial charge is 0.308 e. The Morgan fingerprint density at radius 1 is 1.18 bits per heavy atom. The number of hydrogen-bond donors (Lipinski definition) is 2. The third-order valence-corrected chi connectivity index (χ3v) is 4.86. The van der Waals surface area contributed by atoms with Crippen molar-refractivity contribution in [2.24, 2.45) is 11.8 Å². The van der Waals surface area contributed by atoms with E-state index in [4.69, 9.17) is 0 Å². The maximum absolute atomic E-state index is 12.5. The predicted octanol–water partition coefficient (Wildman–Crippen LogP) is 1.49. The molecule has 1 fully saturated rings. The van der Waals surface area contributed by atoms with Gasteiger partial charge in [0.15, 0.2) is 0 Å². The lowest BCUT2D eigenvalue weighted by Crippen LogP contribution is -2.38. The molecule has 146 valence electrons. The first kappa shape index (κ1) is 19.5. The molecular formula is C21H23N3O4. The fourth-order valence-corrected chi connectivity index (χ4v) is 3.30. The molecule has 2 atom stereocenters. The summed E-state index contributed by atoms with van der Waals surface area (Å²) >= 11 is 0. The van der Waals surface area contributed by atoms with Crippen LogP contribution in [0.1, 0.15) is 17.7 Å². The van der Waals surface area contributed by atoms with Crippen LogP contribution in [0.15, 0.2) is 54.7 Å². The average Bonchev–Trinajstić information content (AvgIpc) is 3.07. The van der Waals surface area contributed by atoms with Crippen LogP contribution in [-0.2, 0) is 27.3 Å². The molecule has 0 bridgehead atoms. The summed E-state index contributed by atoms with van der Waals surface area (Å²) < 4.78 is 0. The Kier molecular flexibility index (Phi) is 6.37. The predicted molar refractivity (Wildman–Crippen MR) is 102 cm³/mol. The van der Waals surface area contributed by atoms with E-state index in [1.807, 2.05) is 42.5 Å². The van der Waals surface area contributed by atoms with E-state index < -0.39 is 17.8 Å². The van der Waals surface area contributed by atoms with Gasteiger partial charge in [-0.15, -0.1) is 0 Å². The zero-order valence-electron chi connectivity index (χ0n) is 15.5. The summed E-state index contributed by atoms with van der Waals surface area (Å²) in [6.07, 6.45) is 2.14. The Balaban J connectivity index is 1.52. The second kappa shape index (κ2) is 9.12. The molecule has 1 aromatic heterocycles. The van der Waals surface area contributed by atoms with E-state index in [0.29, 0.717) is 19.5 Å². The van der Waals surface area contributed by atoms with Gasteiger partial charge in [0.1, 0.15) is 0 Å². The number of pyridine rings is 1. The standard InChI is InChI=1S/C21H23N3O4/c25-19-11-17(13-24(19)14-18-8-4-5-9-22-18)20(26)23-12-16(21(27)28)10-15-6-2-1-3-7-15/h1-9,16-17H,10-14H2,(H,23,26)(H,27,28)/t16-,17+/m1/s1. The molecule has 28 heavy (non-hydrogen) atoms. The zero-order chi connectivity index (χ0) is 19.9. The summed E-state index contributed by atoms with van der Waals surface area (Å²) in [7, 11) is 0. The molecule has 1 aliphatic heterocycles. The molecule has 2 N–H and O–H groups in total. The van der Waals surface area contributed by atoms with Gasteiger partial charge in [-0.25, -0.2) is 0 Å². The molecule has 2 heterocycles. The van der Waals surface area contributed by atoms with Gasteiger partial charge in [-0.1, -0.05) is 36.4 Å². The Morgan fingerprint density at radius 3 is 2.61 bits per heavy atom. The van der Waals surface area contributed by atoms with Gasteiger partial charge in [-0.3, -0.25) is 19.4 Å². The third-order valence-electron chi connectivity index (χ3n) is 4.86. The summed E-state index contributed by atoms with van der Waals surface area (Å²) in [6, 6.07) is 14.8. The Bertz CT molecular complexity index is 826. The number of amides is 2. The molecule has 1 aromatic carbocycles. The number of likely N-dealkylation sites (tertiary alicyclic amines) is 1. The van der Waals surface area contributed by atoms with E-state index in [0.717, 1.165) is 11.3 Å². The summed E-state index contributed by atoms with van der Waals surface area (Å²) in [5, 5.41) is 12.2. The van der Waals surface area contributed by atoms with E-state index in [-0.39, 0.29) is 24.8 Å². The minimum atomic E-state index is -0.955. The van der Waals surface area contributed by atoms with Crippen LogP contribution in [0.3, 0.4) is 0 Å². The highest BCUT2D eigenvalue weighted by molar-refractivity contribution is 5.89. The number of carbonyl (C=O) groups is 3. The second-order valence-corrected chi connectivity index (χ2v) is 6.97. The van der Waals surface area contributed by atoms with E-state index in [1.165, 1.54) is 0 Å². The van der Waals surface area contributed by atoms with Crippen LogP contribution in [0.5, 0.6) is 0 Å². The molecule has 1 saturated heterocycles. The molecule has 0 aliphatic carbocycles. The molecule has 0 unspecified atom stereocenters. The topological polar surface area (TPSA) is 99.6 Å². The first-order valence-corrected chi connectivity index (χ1v) is 9.25. The number of carboxylic acids is 1. The molecule has 7 heteroatoms. The van der Waals surface area contributed by atoms with Crippen molar-refractivity contribution < 1.29 is 19.5 Å². The number of nitrogens with zero attached hydrogens (tertiary/aromatic N) is 2. The fraction of sp³-hybridized carbons (Fsp3) is 0.333. The molecule has 0 saturated carbocycles. The quantitative estimate of drug-likeness (QED) is 0.722. The number of rotatable bonds is 8. The van der Waals surface area contributed by atoms with Crippen LogP contribution in [0.25, 0.3) is 0 Å². The minimum absolute atomic E-state index is 0.0357. The summed E-state index contributed by atoms with van der Waals surface area (Å²) in [5.74, 6) is -2.51. The molecule has 0 spiro atoms. The number of benzene rings is 1. The van der Waals surface area contributed by atoms with Gasteiger partial charge in [0.25, 0.3) is 0 Å². The van der Waals surface area contributed by atoms with Crippen LogP contribution in [-0.4, -0.2) is 45.9 Å². The van der Waals surface area contributed by atoms with Crippen molar-refractivity contribution in [3.8, 4) is 0 Å². The highest BCUT2D eigenvalue weighted by Crippen LogP contribution is 2.20. The van der Waals surface area contributed by atoms with Gasteiger partial charge in [0.05, 0.1) is 24.1 Å². The van der Waals surface area contributed by atoms with Crippen LogP contribution >= 0.6 is 0 Å². The summed E-state index contributed by atoms with van der Waals surface area (Å²) in [4.78, 5) is 42.0. The van der Waals surface area contributed by atoms with Gasteiger partial charge in [-0.2, -0.15) is 0 Å². The van der Waals surface area contributed by atoms with E-state index in [2.05, 4.69) is 10.3 Å². The SMILES string of the molecule is O=C(O)[C@@H](CNC(=O)[C@H]1CC(=O)N(Cc2ccccn2)C1)Cc1ccccc1. The van der Waals surface area contributed by atoms with Crippen LogP contribution in [0.4, 0.5) is 0 Å². The van der Waals surface area contributed by atoms with Crippen molar-refractivity contribution in [1.29, 1.82) is 0 Å². The number of carboxylic acid groups (broad SMARTS) is 1. The van der Waals surface area contributed by atoms with Gasteiger partial charge >= 0.3 is 5.97 Å². The molecule has 3 rings (SSSR count). The van der Waals surface area contributed by atoms with Crippen molar-refractivity contribution in [2.45, 2.75) is 19.4 Å². The minimum Gasteiger partial charge on any atom is -0.481 e. The molecule has 1 aliphatic rings. The maximum Gasteiger partial charge on any atom is 0.308 e. The zero-order valence-corrected chi connectivity index (χ0v) is 15.5. The lowest BCUT2D eigenvalue weighted by atomic mass is 9.99. The number of aromatic nitrogens is 1. The van der Waals surface area contributed by atoms with Crippen molar-refractivity contribution in [3.63, 3.8) is 0 Å². The van der Waals surface area contributed by atoms with E-state index in [9.17, 15) is 19.5 Å². The molecular weight excluding hydrogens is 358 g/mol. The number of hydrogen-bond acceptors (Lipinski definition) is 4. The summed E-state index contributed by atoms with van der Waals surface area (Å²) in [6.45, 7) is 0.723. The lowest BCUT2D eigenvalue weighted by Gasteiger charge is -2.17. The third kappa shape index (κ3) is 5.16. The monoisotopic (exact) mass is 381 g/mol. The highest BCUT2D eigenvalue weighted by Gasteiger charge is 2.34. The van der Waals surface area contributed by atoms with Crippen LogP contribution in [0.2, 0.25) is 0 Å². The van der Waals surface area contributed by atoms with Gasteiger partial charge in [0.2, 0.25) is 11.8 Å². The molecule has 7 nitrogen and oxygen atoms in total. The highest BCUT2D eigenvalue weighted by atomic mass is 16.4. The van der Waals surface area contributed by atoms with E-state index >= 15 is 0 Å². The maximum atomic E-state index is 12.5. The van der Waals surface area contributed by atoms with E-state index in [1.54, 1.807) is 17.2 Å². The molecule has 2 amide bonds. The second-order valence-electron chi connectivity index (χ2n) is 6.97. The van der Waals surface area contributed by atoms with Crippen LogP contribution in [0, 0.1) is 11.8 Å². The number of nitrogens with one attached hydrogen (secondary N) is 1. The van der Waals surface area contributed by atoms with Crippen molar-refractivity contribution in [3.05, 3.63) is 66.0 Å². The Labute approximate surface area is 163 Å². The Morgan fingerprint density at radius 2 is 1.93 bits per heavy atom. The number of aliphatic carboxylic acids is 1. The molecule has 0 radical (unpaired) electrons. The molecule has 2 aromatic rings. The van der Waals surface area contributed by atoms with Gasteiger partial charge in [-0.05, 0) is 24.1 Å². The first-order valence-electron chi connectivity index (χ1n) is 9.25. The lowest BCUT2D eigenvalue weighted by molar-refractivity contribution is -0.141. The van der Waals surface area contributed by atoms with Gasteiger partial charge in [0, 0.05) is 25.7 Å².